The fraction of sp³-hybridized carbons (Fsp3) is 0. The summed E-state index contributed by atoms with van der Waals surface area (Å²) in [5, 5.41) is 12.2. The Balaban J connectivity index is 1.93. The van der Waals surface area contributed by atoms with E-state index in [9.17, 15) is 4.79 Å². The number of hydrogen-bond donors (Lipinski definition) is 2. The Kier molecular flexibility index (Phi) is 2.34. The average Bonchev–Trinajstić information content (AvgIpc) is 2.98. The van der Waals surface area contributed by atoms with Crippen LogP contribution in [0.4, 0.5) is 5.82 Å². The highest BCUT2D eigenvalue weighted by Crippen LogP contribution is 2.19. The minimum absolute atomic E-state index is 0.144. The maximum atomic E-state index is 11.8. The van der Waals surface area contributed by atoms with Crippen molar-refractivity contribution < 1.29 is 4.79 Å². The van der Waals surface area contributed by atoms with E-state index in [1.165, 1.54) is 11.3 Å². The summed E-state index contributed by atoms with van der Waals surface area (Å²) in [5.74, 6) is 0.431. The van der Waals surface area contributed by atoms with Crippen LogP contribution in [0.25, 0.3) is 11.0 Å². The van der Waals surface area contributed by atoms with Gasteiger partial charge in [-0.05, 0) is 23.6 Å². The fourth-order valence-corrected chi connectivity index (χ4v) is 2.15. The van der Waals surface area contributed by atoms with E-state index in [0.29, 0.717) is 16.3 Å². The number of aromatic nitrogens is 3. The van der Waals surface area contributed by atoms with Crippen molar-refractivity contribution in [1.29, 1.82) is 0 Å². The minimum Gasteiger partial charge on any atom is -0.306 e. The Hall–Kier alpha value is -2.21. The van der Waals surface area contributed by atoms with Gasteiger partial charge in [0.25, 0.3) is 5.91 Å². The lowest BCUT2D eigenvalue weighted by Gasteiger charge is -1.99. The number of hydrogen-bond acceptors (Lipinski definition) is 4. The summed E-state index contributed by atoms with van der Waals surface area (Å²) in [6, 6.07) is 7.28. The zero-order chi connectivity index (χ0) is 11.7. The van der Waals surface area contributed by atoms with E-state index in [4.69, 9.17) is 0 Å². The number of aromatic amines is 1. The molecule has 84 valence electrons. The van der Waals surface area contributed by atoms with E-state index in [-0.39, 0.29) is 5.91 Å². The second-order valence-corrected chi connectivity index (χ2v) is 4.35. The molecule has 0 saturated heterocycles. The number of fused-ring (bicyclic) bond motifs is 1. The summed E-state index contributed by atoms with van der Waals surface area (Å²) >= 11 is 1.40. The van der Waals surface area contributed by atoms with Gasteiger partial charge in [-0.3, -0.25) is 9.89 Å². The lowest BCUT2D eigenvalue weighted by molar-refractivity contribution is 0.103. The third-order valence-electron chi connectivity index (χ3n) is 2.31. The van der Waals surface area contributed by atoms with Crippen LogP contribution < -0.4 is 5.32 Å². The van der Waals surface area contributed by atoms with E-state index < -0.39 is 0 Å². The zero-order valence-corrected chi connectivity index (χ0v) is 9.49. The van der Waals surface area contributed by atoms with Crippen LogP contribution in [0.1, 0.15) is 9.67 Å². The third-order valence-corrected chi connectivity index (χ3v) is 3.18. The van der Waals surface area contributed by atoms with Crippen LogP contribution in [0.2, 0.25) is 0 Å². The average molecular weight is 244 g/mol. The SMILES string of the molecule is O=C(Nc1[nH]nc2ncccc12)c1cccs1. The molecule has 0 aliphatic carbocycles. The molecule has 6 heteroatoms. The van der Waals surface area contributed by atoms with E-state index in [1.807, 2.05) is 17.5 Å². The van der Waals surface area contributed by atoms with Crippen molar-refractivity contribution in [3.05, 3.63) is 40.7 Å². The molecule has 0 atom stereocenters. The Labute approximate surface area is 101 Å². The Morgan fingerprint density at radius 1 is 1.35 bits per heavy atom. The molecule has 3 heterocycles. The number of pyridine rings is 1. The van der Waals surface area contributed by atoms with E-state index in [0.717, 1.165) is 5.39 Å². The number of nitrogens with one attached hydrogen (secondary N) is 2. The van der Waals surface area contributed by atoms with Gasteiger partial charge in [0.15, 0.2) is 5.65 Å². The fourth-order valence-electron chi connectivity index (χ4n) is 1.53. The largest absolute Gasteiger partial charge is 0.306 e. The second-order valence-electron chi connectivity index (χ2n) is 3.40. The van der Waals surface area contributed by atoms with Crippen LogP contribution in [0.15, 0.2) is 35.8 Å². The molecule has 0 aliphatic rings. The summed E-state index contributed by atoms with van der Waals surface area (Å²) in [7, 11) is 0. The highest BCUT2D eigenvalue weighted by Gasteiger charge is 2.11. The first-order valence-corrected chi connectivity index (χ1v) is 5.86. The number of carbonyl (C=O) groups excluding carboxylic acids is 1. The molecule has 0 aromatic carbocycles. The van der Waals surface area contributed by atoms with Gasteiger partial charge in [0.1, 0.15) is 5.82 Å². The summed E-state index contributed by atoms with van der Waals surface area (Å²) in [4.78, 5) is 16.6. The minimum atomic E-state index is -0.144. The molecule has 2 N–H and O–H groups in total. The van der Waals surface area contributed by atoms with Gasteiger partial charge in [-0.25, -0.2) is 4.98 Å². The van der Waals surface area contributed by atoms with Gasteiger partial charge >= 0.3 is 0 Å². The Morgan fingerprint density at radius 3 is 3.12 bits per heavy atom. The maximum Gasteiger partial charge on any atom is 0.266 e. The van der Waals surface area contributed by atoms with Crippen molar-refractivity contribution in [3.8, 4) is 0 Å². The first kappa shape index (κ1) is 9.98. The van der Waals surface area contributed by atoms with Gasteiger partial charge in [0.05, 0.1) is 10.3 Å². The van der Waals surface area contributed by atoms with Gasteiger partial charge in [0, 0.05) is 6.20 Å². The molecule has 0 saturated carbocycles. The highest BCUT2D eigenvalue weighted by atomic mass is 32.1. The number of amides is 1. The first-order valence-electron chi connectivity index (χ1n) is 4.98. The predicted octanol–water partition coefficient (Wildman–Crippen LogP) is 2.27. The third kappa shape index (κ3) is 1.78. The second kappa shape index (κ2) is 3.99. The predicted molar refractivity (Wildman–Crippen MR) is 66.2 cm³/mol. The molecule has 0 fully saturated rings. The lowest BCUT2D eigenvalue weighted by Crippen LogP contribution is -2.10. The summed E-state index contributed by atoms with van der Waals surface area (Å²) in [6.07, 6.45) is 1.66. The summed E-state index contributed by atoms with van der Waals surface area (Å²) < 4.78 is 0. The number of nitrogens with zero attached hydrogens (tertiary/aromatic N) is 2. The van der Waals surface area contributed by atoms with E-state index >= 15 is 0 Å². The van der Waals surface area contributed by atoms with Crippen molar-refractivity contribution in [2.24, 2.45) is 0 Å². The van der Waals surface area contributed by atoms with E-state index in [2.05, 4.69) is 20.5 Å². The number of carbonyl (C=O) groups is 1. The topological polar surface area (TPSA) is 70.7 Å². The molecule has 3 aromatic rings. The first-order chi connectivity index (χ1) is 8.34. The van der Waals surface area contributed by atoms with Crippen molar-refractivity contribution in [3.63, 3.8) is 0 Å². The van der Waals surface area contributed by atoms with Crippen LogP contribution in [-0.4, -0.2) is 21.1 Å². The molecule has 0 unspecified atom stereocenters. The number of H-pyrrole nitrogens is 1. The molecule has 3 rings (SSSR count). The summed E-state index contributed by atoms with van der Waals surface area (Å²) in [5.41, 5.74) is 0.592. The van der Waals surface area contributed by atoms with Crippen LogP contribution in [-0.2, 0) is 0 Å². The standard InChI is InChI=1S/C11H8N4OS/c16-11(8-4-2-6-17-8)13-10-7-3-1-5-12-9(7)14-15-10/h1-6H,(H2,12,13,14,15,16). The molecule has 5 nitrogen and oxygen atoms in total. The summed E-state index contributed by atoms with van der Waals surface area (Å²) in [6.45, 7) is 0. The van der Waals surface area contributed by atoms with Crippen LogP contribution in [0.5, 0.6) is 0 Å². The molecule has 0 aliphatic heterocycles. The molecule has 1 amide bonds. The number of thiophene rings is 1. The van der Waals surface area contributed by atoms with Crippen LogP contribution in [0, 0.1) is 0 Å². The van der Waals surface area contributed by atoms with Gasteiger partial charge in [0.2, 0.25) is 0 Å². The van der Waals surface area contributed by atoms with Crippen molar-refractivity contribution >= 4 is 34.1 Å². The zero-order valence-electron chi connectivity index (χ0n) is 8.68. The van der Waals surface area contributed by atoms with Gasteiger partial charge < -0.3 is 5.32 Å². The molecule has 0 radical (unpaired) electrons. The Bertz CT molecular complexity index is 659. The monoisotopic (exact) mass is 244 g/mol. The smallest absolute Gasteiger partial charge is 0.266 e. The molecule has 17 heavy (non-hydrogen) atoms. The van der Waals surface area contributed by atoms with Gasteiger partial charge in [-0.1, -0.05) is 6.07 Å². The Morgan fingerprint density at radius 2 is 2.29 bits per heavy atom. The van der Waals surface area contributed by atoms with Crippen LogP contribution >= 0.6 is 11.3 Å². The quantitative estimate of drug-likeness (QED) is 0.726. The van der Waals surface area contributed by atoms with Crippen LogP contribution in [0.3, 0.4) is 0 Å². The highest BCUT2D eigenvalue weighted by molar-refractivity contribution is 7.12. The normalized spacial score (nSPS) is 10.6. The molecule has 3 aromatic heterocycles. The number of rotatable bonds is 2. The maximum absolute atomic E-state index is 11.8. The molecule has 0 bridgehead atoms. The van der Waals surface area contributed by atoms with Gasteiger partial charge in [-0.2, -0.15) is 5.10 Å². The van der Waals surface area contributed by atoms with E-state index in [1.54, 1.807) is 18.3 Å². The lowest BCUT2D eigenvalue weighted by atomic mass is 10.3. The number of anilines is 1. The van der Waals surface area contributed by atoms with Crippen molar-refractivity contribution in [2.45, 2.75) is 0 Å². The molecular weight excluding hydrogens is 236 g/mol. The van der Waals surface area contributed by atoms with Gasteiger partial charge in [-0.15, -0.1) is 11.3 Å². The van der Waals surface area contributed by atoms with Crippen molar-refractivity contribution in [2.75, 3.05) is 5.32 Å². The van der Waals surface area contributed by atoms with Crippen molar-refractivity contribution in [1.82, 2.24) is 15.2 Å². The molecular formula is C11H8N4OS. The molecule has 0 spiro atoms.